The molecular weight excluding hydrogens is 322 g/mol. The molecule has 138 valence electrons. The zero-order chi connectivity index (χ0) is 18.8. The number of carbonyl (C=O) groups excluding carboxylic acids is 2. The summed E-state index contributed by atoms with van der Waals surface area (Å²) >= 11 is 0. The smallest absolute Gasteiger partial charge is 0.310 e. The van der Waals surface area contributed by atoms with Crippen LogP contribution in [0.5, 0.6) is 11.5 Å². The van der Waals surface area contributed by atoms with Gasteiger partial charge in [-0.1, -0.05) is 12.5 Å². The van der Waals surface area contributed by atoms with Gasteiger partial charge in [-0.3, -0.25) is 9.59 Å². The molecule has 0 spiro atoms. The predicted octanol–water partition coefficient (Wildman–Crippen LogP) is 2.68. The van der Waals surface area contributed by atoms with Crippen LogP contribution in [0.15, 0.2) is 35.9 Å². The number of hydrogen-bond donors (Lipinski definition) is 0. The highest BCUT2D eigenvalue weighted by atomic mass is 16.5. The van der Waals surface area contributed by atoms with Crippen LogP contribution in [0.4, 0.5) is 0 Å². The van der Waals surface area contributed by atoms with Crippen LogP contribution in [0.25, 0.3) is 0 Å². The number of nitrogens with zero attached hydrogens (tertiary/aromatic N) is 1. The first-order valence-corrected chi connectivity index (χ1v) is 8.15. The maximum Gasteiger partial charge on any atom is 0.310 e. The average Bonchev–Trinajstić information content (AvgIpc) is 2.59. The fraction of sp³-hybridized carbons (Fsp3) is 0.474. The van der Waals surface area contributed by atoms with Crippen LogP contribution < -0.4 is 9.47 Å². The Labute approximate surface area is 149 Å². The van der Waals surface area contributed by atoms with Crippen molar-refractivity contribution in [2.45, 2.75) is 20.8 Å². The number of hydrogen-bond acceptors (Lipinski definition) is 5. The molecule has 1 aromatic carbocycles. The third-order valence-corrected chi connectivity index (χ3v) is 3.51. The number of rotatable bonds is 9. The Morgan fingerprint density at radius 3 is 2.24 bits per heavy atom. The Morgan fingerprint density at radius 2 is 1.72 bits per heavy atom. The SMILES string of the molecule is COC(=O)C(C)CN(CCOc1ccc(OC)cc1)C(=O)C=C(C)C. The van der Waals surface area contributed by atoms with Gasteiger partial charge in [0.05, 0.1) is 26.7 Å². The maximum absolute atomic E-state index is 12.4. The van der Waals surface area contributed by atoms with Gasteiger partial charge in [0, 0.05) is 12.6 Å². The van der Waals surface area contributed by atoms with E-state index >= 15 is 0 Å². The highest BCUT2D eigenvalue weighted by Crippen LogP contribution is 2.17. The van der Waals surface area contributed by atoms with Crippen molar-refractivity contribution < 1.29 is 23.8 Å². The molecule has 1 aromatic rings. The van der Waals surface area contributed by atoms with Gasteiger partial charge in [0.2, 0.25) is 5.91 Å². The summed E-state index contributed by atoms with van der Waals surface area (Å²) in [5.41, 5.74) is 0.900. The molecule has 0 saturated heterocycles. The first-order valence-electron chi connectivity index (χ1n) is 8.15. The van der Waals surface area contributed by atoms with Crippen LogP contribution in [0, 0.1) is 5.92 Å². The summed E-state index contributed by atoms with van der Waals surface area (Å²) in [7, 11) is 2.94. The molecule has 1 rings (SSSR count). The number of methoxy groups -OCH3 is 2. The van der Waals surface area contributed by atoms with Crippen molar-refractivity contribution in [1.29, 1.82) is 0 Å². The fourth-order valence-corrected chi connectivity index (χ4v) is 2.18. The third kappa shape index (κ3) is 7.28. The van der Waals surface area contributed by atoms with E-state index in [-0.39, 0.29) is 18.4 Å². The molecule has 6 nitrogen and oxygen atoms in total. The van der Waals surface area contributed by atoms with Gasteiger partial charge >= 0.3 is 5.97 Å². The topological polar surface area (TPSA) is 65.1 Å². The van der Waals surface area contributed by atoms with E-state index in [0.29, 0.717) is 18.9 Å². The van der Waals surface area contributed by atoms with Gasteiger partial charge in [-0.2, -0.15) is 0 Å². The highest BCUT2D eigenvalue weighted by Gasteiger charge is 2.20. The molecule has 0 heterocycles. The van der Waals surface area contributed by atoms with Crippen LogP contribution in [0.3, 0.4) is 0 Å². The molecule has 1 atom stereocenters. The zero-order valence-electron chi connectivity index (χ0n) is 15.6. The molecule has 1 amide bonds. The second-order valence-corrected chi connectivity index (χ2v) is 5.95. The number of esters is 1. The van der Waals surface area contributed by atoms with E-state index < -0.39 is 5.92 Å². The minimum Gasteiger partial charge on any atom is -0.497 e. The zero-order valence-corrected chi connectivity index (χ0v) is 15.6. The van der Waals surface area contributed by atoms with E-state index in [9.17, 15) is 9.59 Å². The number of ether oxygens (including phenoxy) is 3. The summed E-state index contributed by atoms with van der Waals surface area (Å²) in [6.45, 7) is 6.42. The summed E-state index contributed by atoms with van der Waals surface area (Å²) in [5, 5.41) is 0. The van der Waals surface area contributed by atoms with Crippen molar-refractivity contribution in [3.63, 3.8) is 0 Å². The molecular formula is C19H27NO5. The standard InChI is InChI=1S/C19H27NO5/c1-14(2)12-18(21)20(13-15(3)19(22)24-5)10-11-25-17-8-6-16(23-4)7-9-17/h6-9,12,15H,10-11,13H2,1-5H3. The Kier molecular flexibility index (Phi) is 8.53. The molecule has 0 aliphatic rings. The molecule has 25 heavy (non-hydrogen) atoms. The molecule has 6 heteroatoms. The largest absolute Gasteiger partial charge is 0.497 e. The fourth-order valence-electron chi connectivity index (χ4n) is 2.18. The van der Waals surface area contributed by atoms with E-state index in [1.807, 2.05) is 13.8 Å². The van der Waals surface area contributed by atoms with Gasteiger partial charge in [0.25, 0.3) is 0 Å². The summed E-state index contributed by atoms with van der Waals surface area (Å²) in [6, 6.07) is 7.22. The monoisotopic (exact) mass is 349 g/mol. The second-order valence-electron chi connectivity index (χ2n) is 5.95. The first-order chi connectivity index (χ1) is 11.9. The maximum atomic E-state index is 12.4. The van der Waals surface area contributed by atoms with Crippen LogP contribution in [-0.2, 0) is 14.3 Å². The van der Waals surface area contributed by atoms with Gasteiger partial charge in [-0.25, -0.2) is 0 Å². The van der Waals surface area contributed by atoms with Crippen molar-refractivity contribution in [1.82, 2.24) is 4.90 Å². The summed E-state index contributed by atoms with van der Waals surface area (Å²) in [6.07, 6.45) is 1.55. The predicted molar refractivity (Wildman–Crippen MR) is 95.7 cm³/mol. The molecule has 0 bridgehead atoms. The summed E-state index contributed by atoms with van der Waals surface area (Å²) in [5.74, 6) is 0.553. The number of carbonyl (C=O) groups is 2. The van der Waals surface area contributed by atoms with Crippen molar-refractivity contribution in [3.05, 3.63) is 35.9 Å². The average molecular weight is 349 g/mol. The summed E-state index contributed by atoms with van der Waals surface area (Å²) < 4.78 is 15.5. The molecule has 0 fully saturated rings. The lowest BCUT2D eigenvalue weighted by Crippen LogP contribution is -2.39. The lowest BCUT2D eigenvalue weighted by molar-refractivity contribution is -0.146. The molecule has 0 aliphatic carbocycles. The van der Waals surface area contributed by atoms with Crippen LogP contribution in [0.1, 0.15) is 20.8 Å². The number of allylic oxidation sites excluding steroid dienone is 1. The van der Waals surface area contributed by atoms with Gasteiger partial charge < -0.3 is 19.1 Å². The van der Waals surface area contributed by atoms with E-state index in [4.69, 9.17) is 14.2 Å². The molecule has 0 saturated carbocycles. The first kappa shape index (κ1) is 20.5. The normalized spacial score (nSPS) is 11.2. The lowest BCUT2D eigenvalue weighted by atomic mass is 10.1. The third-order valence-electron chi connectivity index (χ3n) is 3.51. The molecule has 1 unspecified atom stereocenters. The van der Waals surface area contributed by atoms with E-state index in [0.717, 1.165) is 11.3 Å². The molecule has 0 N–H and O–H groups in total. The number of benzene rings is 1. The molecule has 0 aliphatic heterocycles. The quantitative estimate of drug-likeness (QED) is 0.507. The Bertz CT molecular complexity index is 590. The van der Waals surface area contributed by atoms with E-state index in [1.54, 1.807) is 49.3 Å². The van der Waals surface area contributed by atoms with Gasteiger partial charge in [-0.05, 0) is 38.1 Å². The van der Waals surface area contributed by atoms with Crippen LogP contribution in [-0.4, -0.2) is 50.7 Å². The highest BCUT2D eigenvalue weighted by molar-refractivity contribution is 5.88. The summed E-state index contributed by atoms with van der Waals surface area (Å²) in [4.78, 5) is 25.6. The van der Waals surface area contributed by atoms with Crippen molar-refractivity contribution >= 4 is 11.9 Å². The minimum absolute atomic E-state index is 0.144. The minimum atomic E-state index is -0.402. The number of amides is 1. The van der Waals surface area contributed by atoms with Crippen LogP contribution >= 0.6 is 0 Å². The van der Waals surface area contributed by atoms with Gasteiger partial charge in [0.1, 0.15) is 18.1 Å². The van der Waals surface area contributed by atoms with Gasteiger partial charge in [0.15, 0.2) is 0 Å². The van der Waals surface area contributed by atoms with Crippen molar-refractivity contribution in [2.75, 3.05) is 33.9 Å². The van der Waals surface area contributed by atoms with Crippen LogP contribution in [0.2, 0.25) is 0 Å². The second kappa shape index (κ2) is 10.4. The van der Waals surface area contributed by atoms with E-state index in [2.05, 4.69) is 0 Å². The molecule has 0 aromatic heterocycles. The Balaban J connectivity index is 2.66. The molecule has 0 radical (unpaired) electrons. The lowest BCUT2D eigenvalue weighted by Gasteiger charge is -2.24. The van der Waals surface area contributed by atoms with Gasteiger partial charge in [-0.15, -0.1) is 0 Å². The van der Waals surface area contributed by atoms with Crippen molar-refractivity contribution in [2.24, 2.45) is 5.92 Å². The Morgan fingerprint density at radius 1 is 1.12 bits per heavy atom. The van der Waals surface area contributed by atoms with E-state index in [1.165, 1.54) is 7.11 Å². The Hall–Kier alpha value is -2.50. The van der Waals surface area contributed by atoms with Crippen molar-refractivity contribution in [3.8, 4) is 11.5 Å².